The summed E-state index contributed by atoms with van der Waals surface area (Å²) in [4.78, 5) is 13.4. The Hall–Kier alpha value is -1.03. The second kappa shape index (κ2) is 7.83. The van der Waals surface area contributed by atoms with E-state index in [0.717, 1.165) is 30.6 Å². The first kappa shape index (κ1) is 16.3. The van der Waals surface area contributed by atoms with Gasteiger partial charge in [-0.1, -0.05) is 6.42 Å². The third kappa shape index (κ3) is 4.00. The maximum atomic E-state index is 12.1. The number of carbonyl (C=O) groups is 1. The molecule has 21 heavy (non-hydrogen) atoms. The minimum Gasteiger partial charge on any atom is -0.320 e. The van der Waals surface area contributed by atoms with Crippen molar-refractivity contribution in [2.24, 2.45) is 5.73 Å². The molecule has 1 amide bonds. The Labute approximate surface area is 134 Å². The van der Waals surface area contributed by atoms with Crippen LogP contribution in [0, 0.1) is 11.3 Å². The van der Waals surface area contributed by atoms with Crippen LogP contribution in [0.1, 0.15) is 41.7 Å². The van der Waals surface area contributed by atoms with Gasteiger partial charge >= 0.3 is 0 Å². The number of hydrogen-bond acceptors (Lipinski definition) is 5. The van der Waals surface area contributed by atoms with E-state index in [9.17, 15) is 10.1 Å². The Morgan fingerprint density at radius 3 is 2.95 bits per heavy atom. The van der Waals surface area contributed by atoms with E-state index in [1.54, 1.807) is 23.1 Å². The number of nitrogens with zero attached hydrogens (tertiary/aromatic N) is 1. The van der Waals surface area contributed by atoms with Crippen molar-refractivity contribution < 1.29 is 4.79 Å². The van der Waals surface area contributed by atoms with Crippen LogP contribution in [0.3, 0.4) is 0 Å². The summed E-state index contributed by atoms with van der Waals surface area (Å²) in [5.41, 5.74) is 7.69. The molecule has 0 spiro atoms. The minimum absolute atomic E-state index is 0.183. The van der Waals surface area contributed by atoms with Crippen molar-refractivity contribution in [1.29, 1.82) is 5.26 Å². The van der Waals surface area contributed by atoms with E-state index in [0.29, 0.717) is 17.0 Å². The molecule has 0 unspecified atom stereocenters. The lowest BCUT2D eigenvalue weighted by Gasteiger charge is -2.10. The number of thioether (sulfide) groups is 1. The Morgan fingerprint density at radius 2 is 2.24 bits per heavy atom. The second-order valence-corrected chi connectivity index (χ2v) is 7.35. The summed E-state index contributed by atoms with van der Waals surface area (Å²) in [7, 11) is 0. The molecule has 1 aromatic rings. The zero-order valence-electron chi connectivity index (χ0n) is 12.3. The zero-order chi connectivity index (χ0) is 15.2. The van der Waals surface area contributed by atoms with Gasteiger partial charge in [0, 0.05) is 4.88 Å². The molecule has 0 aliphatic heterocycles. The van der Waals surface area contributed by atoms with Crippen molar-refractivity contribution >= 4 is 34.0 Å². The first-order chi connectivity index (χ1) is 10.2. The number of rotatable bonds is 5. The Kier molecular flexibility index (Phi) is 6.09. The lowest BCUT2D eigenvalue weighted by atomic mass is 10.1. The zero-order valence-corrected chi connectivity index (χ0v) is 13.9. The van der Waals surface area contributed by atoms with Crippen LogP contribution in [0.25, 0.3) is 0 Å². The van der Waals surface area contributed by atoms with Gasteiger partial charge in [0.25, 0.3) is 0 Å². The van der Waals surface area contributed by atoms with E-state index in [4.69, 9.17) is 5.73 Å². The van der Waals surface area contributed by atoms with E-state index < -0.39 is 6.04 Å². The lowest BCUT2D eigenvalue weighted by Crippen LogP contribution is -2.36. The molecule has 0 saturated heterocycles. The van der Waals surface area contributed by atoms with Gasteiger partial charge < -0.3 is 11.1 Å². The highest BCUT2D eigenvalue weighted by Gasteiger charge is 2.22. The number of nitrogens with two attached hydrogens (primary N) is 1. The van der Waals surface area contributed by atoms with Crippen molar-refractivity contribution in [1.82, 2.24) is 0 Å². The molecule has 2 rings (SSSR count). The lowest BCUT2D eigenvalue weighted by molar-refractivity contribution is -0.117. The van der Waals surface area contributed by atoms with Crippen molar-refractivity contribution in [3.63, 3.8) is 0 Å². The van der Waals surface area contributed by atoms with Gasteiger partial charge in [-0.3, -0.25) is 4.79 Å². The van der Waals surface area contributed by atoms with Gasteiger partial charge in [-0.2, -0.15) is 17.0 Å². The van der Waals surface area contributed by atoms with Crippen LogP contribution in [-0.4, -0.2) is 24.0 Å². The molecule has 0 bridgehead atoms. The summed E-state index contributed by atoms with van der Waals surface area (Å²) in [6.07, 6.45) is 8.12. The van der Waals surface area contributed by atoms with E-state index in [1.807, 2.05) is 6.26 Å². The highest BCUT2D eigenvalue weighted by molar-refractivity contribution is 7.98. The van der Waals surface area contributed by atoms with Gasteiger partial charge in [-0.05, 0) is 49.7 Å². The number of aryl methyl sites for hydroxylation is 1. The molecule has 0 aromatic carbocycles. The minimum atomic E-state index is -0.508. The first-order valence-electron chi connectivity index (χ1n) is 7.27. The highest BCUT2D eigenvalue weighted by atomic mass is 32.2. The van der Waals surface area contributed by atoms with Crippen LogP contribution < -0.4 is 11.1 Å². The van der Waals surface area contributed by atoms with E-state index in [2.05, 4.69) is 11.4 Å². The van der Waals surface area contributed by atoms with Crippen LogP contribution in [0.5, 0.6) is 0 Å². The van der Waals surface area contributed by atoms with Crippen molar-refractivity contribution in [2.75, 3.05) is 17.3 Å². The number of hydrogen-bond donors (Lipinski definition) is 2. The molecule has 1 aliphatic rings. The molecular weight excluding hydrogens is 302 g/mol. The molecule has 0 saturated carbocycles. The van der Waals surface area contributed by atoms with Crippen LogP contribution >= 0.6 is 23.1 Å². The van der Waals surface area contributed by atoms with Gasteiger partial charge in [0.2, 0.25) is 5.91 Å². The smallest absolute Gasteiger partial charge is 0.241 e. The third-order valence-electron chi connectivity index (χ3n) is 3.74. The maximum Gasteiger partial charge on any atom is 0.241 e. The van der Waals surface area contributed by atoms with Gasteiger partial charge in [0.1, 0.15) is 11.1 Å². The number of amides is 1. The molecule has 4 nitrogen and oxygen atoms in total. The second-order valence-electron chi connectivity index (χ2n) is 5.26. The monoisotopic (exact) mass is 323 g/mol. The molecular formula is C15H21N3OS2. The molecule has 0 radical (unpaired) electrons. The predicted molar refractivity (Wildman–Crippen MR) is 89.9 cm³/mol. The molecule has 1 aromatic heterocycles. The normalized spacial score (nSPS) is 15.7. The standard InChI is InChI=1S/C15H21N3OS2/c1-20-8-7-12(17)14(19)18-15-11(9-16)10-5-3-2-4-6-13(10)21-15/h12H,2-8,17H2,1H3,(H,18,19)/t12-/m1/s1. The summed E-state index contributed by atoms with van der Waals surface area (Å²) in [6.45, 7) is 0. The van der Waals surface area contributed by atoms with E-state index >= 15 is 0 Å². The van der Waals surface area contributed by atoms with E-state index in [-0.39, 0.29) is 5.91 Å². The number of nitrogens with one attached hydrogen (secondary N) is 1. The van der Waals surface area contributed by atoms with Crippen LogP contribution in [0.15, 0.2) is 0 Å². The van der Waals surface area contributed by atoms with Crippen LogP contribution in [0.4, 0.5) is 5.00 Å². The molecule has 1 heterocycles. The van der Waals surface area contributed by atoms with Gasteiger partial charge in [0.15, 0.2) is 0 Å². The maximum absolute atomic E-state index is 12.1. The number of fused-ring (bicyclic) bond motifs is 1. The summed E-state index contributed by atoms with van der Waals surface area (Å²) < 4.78 is 0. The molecule has 3 N–H and O–H groups in total. The predicted octanol–water partition coefficient (Wildman–Crippen LogP) is 2.91. The van der Waals surface area contributed by atoms with Crippen molar-refractivity contribution in [2.45, 2.75) is 44.6 Å². The average molecular weight is 323 g/mol. The fourth-order valence-electron chi connectivity index (χ4n) is 2.53. The summed E-state index contributed by atoms with van der Waals surface area (Å²) in [6, 6.07) is 1.76. The van der Waals surface area contributed by atoms with Crippen LogP contribution in [0.2, 0.25) is 0 Å². The largest absolute Gasteiger partial charge is 0.320 e. The summed E-state index contributed by atoms with van der Waals surface area (Å²) in [5, 5.41) is 13.0. The topological polar surface area (TPSA) is 78.9 Å². The Balaban J connectivity index is 2.13. The van der Waals surface area contributed by atoms with Crippen molar-refractivity contribution in [3.8, 4) is 6.07 Å². The number of thiophene rings is 1. The molecule has 0 fully saturated rings. The van der Waals surface area contributed by atoms with Gasteiger partial charge in [-0.25, -0.2) is 0 Å². The molecule has 1 atom stereocenters. The summed E-state index contributed by atoms with van der Waals surface area (Å²) >= 11 is 3.23. The highest BCUT2D eigenvalue weighted by Crippen LogP contribution is 2.37. The SMILES string of the molecule is CSCC[C@@H](N)C(=O)Nc1sc2c(c1C#N)CCCCC2. The fraction of sp³-hybridized carbons (Fsp3) is 0.600. The average Bonchev–Trinajstić information content (AvgIpc) is 2.65. The van der Waals surface area contributed by atoms with Gasteiger partial charge in [0.05, 0.1) is 11.6 Å². The van der Waals surface area contributed by atoms with Gasteiger partial charge in [-0.15, -0.1) is 11.3 Å². The number of anilines is 1. The quantitative estimate of drug-likeness (QED) is 0.817. The summed E-state index contributed by atoms with van der Waals surface area (Å²) in [5.74, 6) is 0.678. The fourth-order valence-corrected chi connectivity index (χ4v) is 4.26. The molecule has 1 aliphatic carbocycles. The van der Waals surface area contributed by atoms with Crippen LogP contribution in [-0.2, 0) is 17.6 Å². The Morgan fingerprint density at radius 1 is 1.48 bits per heavy atom. The first-order valence-corrected chi connectivity index (χ1v) is 9.48. The van der Waals surface area contributed by atoms with Crippen molar-refractivity contribution in [3.05, 3.63) is 16.0 Å². The van der Waals surface area contributed by atoms with E-state index in [1.165, 1.54) is 17.7 Å². The molecule has 114 valence electrons. The number of nitriles is 1. The molecule has 6 heteroatoms. The third-order valence-corrected chi connectivity index (χ3v) is 5.59. The number of carbonyl (C=O) groups excluding carboxylic acids is 1. The Bertz CT molecular complexity index is 548.